The molecule has 0 radical (unpaired) electrons. The number of anilines is 1. The van der Waals surface area contributed by atoms with E-state index in [0.717, 1.165) is 6.42 Å². The molecule has 1 fully saturated rings. The highest BCUT2D eigenvalue weighted by atomic mass is 32.2. The predicted molar refractivity (Wildman–Crippen MR) is 81.0 cm³/mol. The van der Waals surface area contributed by atoms with Crippen LogP contribution in [0.2, 0.25) is 0 Å². The molecule has 1 saturated heterocycles. The van der Waals surface area contributed by atoms with Crippen molar-refractivity contribution in [3.8, 4) is 0 Å². The standard InChI is InChI=1S/C13H23N3O4S/c1-4-6-15-10(8-20-3)11(14)12(17)16(15)13(2)5-7-21(18,19)9-13/h4-9,14H2,1-3H3. The van der Waals surface area contributed by atoms with Gasteiger partial charge in [0.25, 0.3) is 5.56 Å². The van der Waals surface area contributed by atoms with Crippen LogP contribution in [0.1, 0.15) is 32.4 Å². The zero-order valence-corrected chi connectivity index (χ0v) is 13.6. The molecule has 0 spiro atoms. The van der Waals surface area contributed by atoms with Crippen LogP contribution in [0.3, 0.4) is 0 Å². The zero-order chi connectivity index (χ0) is 15.8. The molecule has 1 aromatic heterocycles. The number of nitrogens with zero attached hydrogens (tertiary/aromatic N) is 2. The molecular formula is C13H23N3O4S. The summed E-state index contributed by atoms with van der Waals surface area (Å²) >= 11 is 0. The van der Waals surface area contributed by atoms with Crippen molar-refractivity contribution in [3.05, 3.63) is 16.0 Å². The van der Waals surface area contributed by atoms with Crippen molar-refractivity contribution in [2.24, 2.45) is 0 Å². The van der Waals surface area contributed by atoms with Crippen molar-refractivity contribution in [1.82, 2.24) is 9.36 Å². The number of sulfone groups is 1. The molecule has 1 aromatic rings. The van der Waals surface area contributed by atoms with Crippen LogP contribution in [-0.4, -0.2) is 36.4 Å². The largest absolute Gasteiger partial charge is 0.393 e. The maximum absolute atomic E-state index is 12.5. The Balaban J connectivity index is 2.63. The van der Waals surface area contributed by atoms with E-state index >= 15 is 0 Å². The fourth-order valence-electron chi connectivity index (χ4n) is 3.04. The highest BCUT2D eigenvalue weighted by molar-refractivity contribution is 7.91. The van der Waals surface area contributed by atoms with E-state index < -0.39 is 15.4 Å². The molecule has 0 saturated carbocycles. The first-order chi connectivity index (χ1) is 9.75. The second kappa shape index (κ2) is 5.49. The first kappa shape index (κ1) is 16.1. The van der Waals surface area contributed by atoms with Crippen molar-refractivity contribution < 1.29 is 13.2 Å². The number of hydrogen-bond donors (Lipinski definition) is 1. The van der Waals surface area contributed by atoms with Crippen LogP contribution in [-0.2, 0) is 33.3 Å². The van der Waals surface area contributed by atoms with Crippen LogP contribution in [0.15, 0.2) is 4.79 Å². The van der Waals surface area contributed by atoms with E-state index in [1.807, 2.05) is 6.92 Å². The van der Waals surface area contributed by atoms with Crippen LogP contribution < -0.4 is 11.3 Å². The third kappa shape index (κ3) is 2.74. The molecule has 1 aliphatic heterocycles. The molecule has 120 valence electrons. The van der Waals surface area contributed by atoms with Gasteiger partial charge in [0.1, 0.15) is 5.69 Å². The van der Waals surface area contributed by atoms with Gasteiger partial charge in [-0.25, -0.2) is 13.1 Å². The Kier molecular flexibility index (Phi) is 4.21. The molecule has 2 rings (SSSR count). The number of nitrogen functional groups attached to an aromatic ring is 1. The van der Waals surface area contributed by atoms with Gasteiger partial charge in [-0.3, -0.25) is 9.48 Å². The number of hydrogen-bond acceptors (Lipinski definition) is 5. The van der Waals surface area contributed by atoms with Gasteiger partial charge in [0.2, 0.25) is 0 Å². The second-order valence-electron chi connectivity index (χ2n) is 5.87. The van der Waals surface area contributed by atoms with E-state index in [1.54, 1.807) is 18.7 Å². The lowest BCUT2D eigenvalue weighted by Gasteiger charge is -2.28. The molecule has 0 aliphatic carbocycles. The SMILES string of the molecule is CCCn1c(COC)c(N)c(=O)n1C1(C)CCS(=O)(=O)C1. The molecule has 0 bridgehead atoms. The smallest absolute Gasteiger partial charge is 0.290 e. The zero-order valence-electron chi connectivity index (χ0n) is 12.8. The lowest BCUT2D eigenvalue weighted by Crippen LogP contribution is -2.42. The molecule has 1 unspecified atom stereocenters. The van der Waals surface area contributed by atoms with Gasteiger partial charge in [-0.05, 0) is 19.8 Å². The summed E-state index contributed by atoms with van der Waals surface area (Å²) in [6, 6.07) is 0. The van der Waals surface area contributed by atoms with Crippen molar-refractivity contribution >= 4 is 15.5 Å². The number of methoxy groups -OCH3 is 1. The molecule has 2 N–H and O–H groups in total. The summed E-state index contributed by atoms with van der Waals surface area (Å²) in [5, 5.41) is 0. The normalized spacial score (nSPS) is 24.5. The topological polar surface area (TPSA) is 96.3 Å². The molecule has 2 heterocycles. The summed E-state index contributed by atoms with van der Waals surface area (Å²) in [7, 11) is -1.57. The highest BCUT2D eigenvalue weighted by Crippen LogP contribution is 2.31. The van der Waals surface area contributed by atoms with Gasteiger partial charge in [-0.1, -0.05) is 6.92 Å². The third-order valence-electron chi connectivity index (χ3n) is 4.00. The van der Waals surface area contributed by atoms with Crippen molar-refractivity contribution in [3.63, 3.8) is 0 Å². The van der Waals surface area contributed by atoms with Crippen molar-refractivity contribution in [2.45, 2.75) is 45.4 Å². The Hall–Kier alpha value is -1.28. The Morgan fingerprint density at radius 3 is 2.57 bits per heavy atom. The maximum atomic E-state index is 12.5. The fourth-order valence-corrected chi connectivity index (χ4v) is 5.15. The number of aromatic nitrogens is 2. The lowest BCUT2D eigenvalue weighted by atomic mass is 10.0. The Bertz CT molecular complexity index is 689. The molecule has 0 aromatic carbocycles. The van der Waals surface area contributed by atoms with E-state index in [1.165, 1.54) is 4.68 Å². The van der Waals surface area contributed by atoms with Gasteiger partial charge in [-0.2, -0.15) is 0 Å². The van der Waals surface area contributed by atoms with Crippen molar-refractivity contribution in [1.29, 1.82) is 0 Å². The number of nitrogens with two attached hydrogens (primary N) is 1. The fraction of sp³-hybridized carbons (Fsp3) is 0.769. The van der Waals surface area contributed by atoms with Gasteiger partial charge in [0, 0.05) is 13.7 Å². The van der Waals surface area contributed by atoms with Gasteiger partial charge >= 0.3 is 0 Å². The highest BCUT2D eigenvalue weighted by Gasteiger charge is 2.43. The van der Waals surface area contributed by atoms with E-state index in [9.17, 15) is 13.2 Å². The van der Waals surface area contributed by atoms with E-state index in [0.29, 0.717) is 18.7 Å². The first-order valence-electron chi connectivity index (χ1n) is 7.06. The molecule has 1 atom stereocenters. The van der Waals surface area contributed by atoms with Crippen LogP contribution in [0.4, 0.5) is 5.69 Å². The Morgan fingerprint density at radius 2 is 2.10 bits per heavy atom. The Labute approximate surface area is 124 Å². The lowest BCUT2D eigenvalue weighted by molar-refractivity contribution is 0.168. The van der Waals surface area contributed by atoms with Gasteiger partial charge in [0.05, 0.1) is 29.3 Å². The van der Waals surface area contributed by atoms with Gasteiger partial charge < -0.3 is 10.5 Å². The van der Waals surface area contributed by atoms with Gasteiger partial charge in [0.15, 0.2) is 9.84 Å². The van der Waals surface area contributed by atoms with Gasteiger partial charge in [-0.15, -0.1) is 0 Å². The summed E-state index contributed by atoms with van der Waals surface area (Å²) < 4.78 is 32.1. The molecule has 0 amide bonds. The van der Waals surface area contributed by atoms with Crippen LogP contribution in [0.25, 0.3) is 0 Å². The monoisotopic (exact) mass is 317 g/mol. The Morgan fingerprint density at radius 1 is 1.43 bits per heavy atom. The first-order valence-corrected chi connectivity index (χ1v) is 8.88. The van der Waals surface area contributed by atoms with Crippen LogP contribution in [0, 0.1) is 0 Å². The van der Waals surface area contributed by atoms with E-state index in [2.05, 4.69) is 0 Å². The second-order valence-corrected chi connectivity index (χ2v) is 8.06. The van der Waals surface area contributed by atoms with Crippen LogP contribution in [0.5, 0.6) is 0 Å². The third-order valence-corrected chi connectivity index (χ3v) is 5.88. The maximum Gasteiger partial charge on any atom is 0.290 e. The quantitative estimate of drug-likeness (QED) is 0.844. The summed E-state index contributed by atoms with van der Waals surface area (Å²) in [4.78, 5) is 12.5. The molecular weight excluding hydrogens is 294 g/mol. The van der Waals surface area contributed by atoms with E-state index in [4.69, 9.17) is 10.5 Å². The molecule has 8 heteroatoms. The average molecular weight is 317 g/mol. The summed E-state index contributed by atoms with van der Waals surface area (Å²) in [5.41, 5.74) is 5.63. The summed E-state index contributed by atoms with van der Waals surface area (Å²) in [6.07, 6.45) is 1.24. The summed E-state index contributed by atoms with van der Waals surface area (Å²) in [6.45, 7) is 4.63. The number of rotatable bonds is 5. The average Bonchev–Trinajstić information content (AvgIpc) is 2.80. The van der Waals surface area contributed by atoms with Crippen molar-refractivity contribution in [2.75, 3.05) is 24.3 Å². The van der Waals surface area contributed by atoms with E-state index in [-0.39, 0.29) is 29.4 Å². The number of ether oxygens (including phenoxy) is 1. The minimum atomic E-state index is -3.11. The minimum Gasteiger partial charge on any atom is -0.393 e. The molecule has 1 aliphatic rings. The molecule has 7 nitrogen and oxygen atoms in total. The summed E-state index contributed by atoms with van der Waals surface area (Å²) in [5.74, 6) is 0.0757. The van der Waals surface area contributed by atoms with Crippen LogP contribution >= 0.6 is 0 Å². The molecule has 21 heavy (non-hydrogen) atoms. The minimum absolute atomic E-state index is 0.0283. The predicted octanol–water partition coefficient (Wildman–Crippen LogP) is 0.322.